The second kappa shape index (κ2) is 8.81. The number of carbonyl (C=O) groups excluding carboxylic acids is 2. The van der Waals surface area contributed by atoms with Gasteiger partial charge in [0.25, 0.3) is 11.8 Å². The van der Waals surface area contributed by atoms with Gasteiger partial charge in [0.2, 0.25) is 0 Å². The first-order valence-corrected chi connectivity index (χ1v) is 9.16. The molecule has 6 nitrogen and oxygen atoms in total. The summed E-state index contributed by atoms with van der Waals surface area (Å²) in [6.45, 7) is 4.20. The van der Waals surface area contributed by atoms with Crippen molar-refractivity contribution in [2.24, 2.45) is 0 Å². The average molecular weight is 384 g/mol. The van der Waals surface area contributed by atoms with Gasteiger partial charge in [-0.3, -0.25) is 9.59 Å². The number of nitrogens with zero attached hydrogens (tertiary/aromatic N) is 2. The lowest BCUT2D eigenvalue weighted by Gasteiger charge is -2.09. The minimum absolute atomic E-state index is 0.107. The van der Waals surface area contributed by atoms with E-state index in [1.54, 1.807) is 36.4 Å². The summed E-state index contributed by atoms with van der Waals surface area (Å²) in [6.07, 6.45) is 0. The van der Waals surface area contributed by atoms with E-state index in [1.807, 2.05) is 30.3 Å². The van der Waals surface area contributed by atoms with Crippen molar-refractivity contribution in [3.05, 3.63) is 89.2 Å². The molecule has 1 heterocycles. The summed E-state index contributed by atoms with van der Waals surface area (Å²) in [5, 5.41) is 14.4. The Kier molecular flexibility index (Phi) is 6.00. The topological polar surface area (TPSA) is 94.9 Å². The molecule has 0 saturated carbocycles. The van der Waals surface area contributed by atoms with Gasteiger partial charge in [-0.05, 0) is 53.9 Å². The summed E-state index contributed by atoms with van der Waals surface area (Å²) in [5.74, 6) is -0.454. The molecule has 0 bridgehead atoms. The zero-order valence-electron chi connectivity index (χ0n) is 16.1. The molecule has 3 rings (SSSR count). The molecule has 0 aliphatic heterocycles. The molecule has 0 aliphatic carbocycles. The van der Waals surface area contributed by atoms with E-state index >= 15 is 0 Å². The molecule has 0 atom stereocenters. The van der Waals surface area contributed by atoms with E-state index in [0.29, 0.717) is 22.9 Å². The molecule has 6 heteroatoms. The summed E-state index contributed by atoms with van der Waals surface area (Å²) < 4.78 is 0. The van der Waals surface area contributed by atoms with Crippen LogP contribution in [0.2, 0.25) is 0 Å². The highest BCUT2D eigenvalue weighted by Crippen LogP contribution is 2.18. The predicted octanol–water partition coefficient (Wildman–Crippen LogP) is 4.58. The van der Waals surface area contributed by atoms with Gasteiger partial charge in [-0.25, -0.2) is 4.98 Å². The first-order chi connectivity index (χ1) is 14.0. The standard InChI is InChI=1S/C23H20N4O2/c1-15(2)17-9-11-18(12-10-17)25-22(28)20-7-4-8-21(27-20)23(29)26-19-6-3-5-16(13-19)14-24/h3-13,15H,1-2H3,(H,25,28)(H,26,29). The van der Waals surface area contributed by atoms with Gasteiger partial charge in [0, 0.05) is 11.4 Å². The molecule has 0 aliphatic rings. The van der Waals surface area contributed by atoms with Crippen molar-refractivity contribution in [3.8, 4) is 6.07 Å². The molecule has 0 fully saturated rings. The number of nitriles is 1. The molecule has 0 unspecified atom stereocenters. The van der Waals surface area contributed by atoms with E-state index in [1.165, 1.54) is 11.6 Å². The predicted molar refractivity (Wildman–Crippen MR) is 112 cm³/mol. The maximum absolute atomic E-state index is 12.5. The fourth-order valence-electron chi connectivity index (χ4n) is 2.70. The van der Waals surface area contributed by atoms with Crippen molar-refractivity contribution in [2.75, 3.05) is 10.6 Å². The van der Waals surface area contributed by atoms with Gasteiger partial charge in [0.1, 0.15) is 11.4 Å². The van der Waals surface area contributed by atoms with Crippen LogP contribution in [-0.4, -0.2) is 16.8 Å². The normalized spacial score (nSPS) is 10.3. The summed E-state index contributed by atoms with van der Waals surface area (Å²) >= 11 is 0. The molecule has 29 heavy (non-hydrogen) atoms. The van der Waals surface area contributed by atoms with Crippen molar-refractivity contribution in [2.45, 2.75) is 19.8 Å². The number of rotatable bonds is 5. The second-order valence-corrected chi connectivity index (χ2v) is 6.79. The van der Waals surface area contributed by atoms with Crippen LogP contribution in [0.25, 0.3) is 0 Å². The van der Waals surface area contributed by atoms with E-state index in [-0.39, 0.29) is 11.4 Å². The number of carbonyl (C=O) groups is 2. The molecule has 2 N–H and O–H groups in total. The molecule has 0 radical (unpaired) electrons. The Balaban J connectivity index is 1.71. The summed E-state index contributed by atoms with van der Waals surface area (Å²) in [7, 11) is 0. The maximum Gasteiger partial charge on any atom is 0.274 e. The van der Waals surface area contributed by atoms with E-state index in [9.17, 15) is 9.59 Å². The Bertz CT molecular complexity index is 1080. The number of anilines is 2. The van der Waals surface area contributed by atoms with Crippen LogP contribution in [0.4, 0.5) is 11.4 Å². The molecule has 0 spiro atoms. The Hall–Kier alpha value is -3.98. The molecular formula is C23H20N4O2. The van der Waals surface area contributed by atoms with E-state index in [2.05, 4.69) is 29.5 Å². The van der Waals surface area contributed by atoms with Crippen molar-refractivity contribution in [1.82, 2.24) is 4.98 Å². The molecule has 2 amide bonds. The quantitative estimate of drug-likeness (QED) is 0.673. The van der Waals surface area contributed by atoms with Crippen molar-refractivity contribution < 1.29 is 9.59 Å². The van der Waals surface area contributed by atoms with Gasteiger partial charge in [0.15, 0.2) is 0 Å². The highest BCUT2D eigenvalue weighted by atomic mass is 16.2. The van der Waals surface area contributed by atoms with Gasteiger partial charge in [-0.2, -0.15) is 5.26 Å². The largest absolute Gasteiger partial charge is 0.321 e. The van der Waals surface area contributed by atoms with Gasteiger partial charge in [-0.1, -0.05) is 38.1 Å². The fourth-order valence-corrected chi connectivity index (χ4v) is 2.70. The van der Waals surface area contributed by atoms with Crippen molar-refractivity contribution >= 4 is 23.2 Å². The van der Waals surface area contributed by atoms with Crippen LogP contribution < -0.4 is 10.6 Å². The minimum Gasteiger partial charge on any atom is -0.321 e. The Morgan fingerprint density at radius 1 is 0.862 bits per heavy atom. The van der Waals surface area contributed by atoms with Crippen LogP contribution in [0.15, 0.2) is 66.7 Å². The van der Waals surface area contributed by atoms with Gasteiger partial charge in [-0.15, -0.1) is 0 Å². The van der Waals surface area contributed by atoms with E-state index in [0.717, 1.165) is 0 Å². The fraction of sp³-hybridized carbons (Fsp3) is 0.130. The molecular weight excluding hydrogens is 364 g/mol. The van der Waals surface area contributed by atoms with Crippen molar-refractivity contribution in [3.63, 3.8) is 0 Å². The zero-order valence-corrected chi connectivity index (χ0v) is 16.1. The summed E-state index contributed by atoms with van der Waals surface area (Å²) in [5.41, 5.74) is 3.00. The van der Waals surface area contributed by atoms with Crippen LogP contribution in [0.3, 0.4) is 0 Å². The highest BCUT2D eigenvalue weighted by molar-refractivity contribution is 6.06. The van der Waals surface area contributed by atoms with Crippen molar-refractivity contribution in [1.29, 1.82) is 5.26 Å². The summed E-state index contributed by atoms with van der Waals surface area (Å²) in [4.78, 5) is 29.1. The monoisotopic (exact) mass is 384 g/mol. The molecule has 0 saturated heterocycles. The third kappa shape index (κ3) is 5.05. The Morgan fingerprint density at radius 2 is 1.45 bits per heavy atom. The van der Waals surface area contributed by atoms with Crippen LogP contribution in [-0.2, 0) is 0 Å². The lowest BCUT2D eigenvalue weighted by atomic mass is 10.0. The van der Waals surface area contributed by atoms with Crippen LogP contribution in [0, 0.1) is 11.3 Å². The number of amides is 2. The molecule has 2 aromatic carbocycles. The first kappa shape index (κ1) is 19.8. The number of nitrogens with one attached hydrogen (secondary N) is 2. The Labute approximate surface area is 169 Å². The third-order valence-electron chi connectivity index (χ3n) is 4.30. The van der Waals surface area contributed by atoms with Crippen LogP contribution in [0.5, 0.6) is 0 Å². The third-order valence-corrected chi connectivity index (χ3v) is 4.30. The Morgan fingerprint density at radius 3 is 2.03 bits per heavy atom. The van der Waals surface area contributed by atoms with Gasteiger partial charge in [0.05, 0.1) is 11.6 Å². The molecule has 144 valence electrons. The van der Waals surface area contributed by atoms with E-state index in [4.69, 9.17) is 5.26 Å². The number of hydrogen-bond acceptors (Lipinski definition) is 4. The summed E-state index contributed by atoms with van der Waals surface area (Å²) in [6, 6.07) is 20.9. The minimum atomic E-state index is -0.462. The SMILES string of the molecule is CC(C)c1ccc(NC(=O)c2cccc(C(=O)Nc3cccc(C#N)c3)n2)cc1. The number of benzene rings is 2. The average Bonchev–Trinajstić information content (AvgIpc) is 2.74. The maximum atomic E-state index is 12.5. The van der Waals surface area contributed by atoms with Crippen LogP contribution in [0.1, 0.15) is 51.9 Å². The van der Waals surface area contributed by atoms with Crippen LogP contribution >= 0.6 is 0 Å². The van der Waals surface area contributed by atoms with Gasteiger partial charge < -0.3 is 10.6 Å². The highest BCUT2D eigenvalue weighted by Gasteiger charge is 2.13. The number of pyridine rings is 1. The second-order valence-electron chi connectivity index (χ2n) is 6.79. The lowest BCUT2D eigenvalue weighted by molar-refractivity contribution is 0.101. The molecule has 3 aromatic rings. The lowest BCUT2D eigenvalue weighted by Crippen LogP contribution is -2.18. The van der Waals surface area contributed by atoms with Gasteiger partial charge >= 0.3 is 0 Å². The molecule has 1 aromatic heterocycles. The number of hydrogen-bond donors (Lipinski definition) is 2. The van der Waals surface area contributed by atoms with E-state index < -0.39 is 11.8 Å². The number of aromatic nitrogens is 1. The first-order valence-electron chi connectivity index (χ1n) is 9.16. The zero-order chi connectivity index (χ0) is 20.8. The smallest absolute Gasteiger partial charge is 0.274 e.